The molecule has 3 heteroatoms. The Bertz CT molecular complexity index is 309. The average Bonchev–Trinajstić information content (AvgIpc) is 3.16. The highest BCUT2D eigenvalue weighted by Crippen LogP contribution is 2.54. The molecular weight excluding hydrogens is 210 g/mol. The second-order valence-corrected chi connectivity index (χ2v) is 6.39. The van der Waals surface area contributed by atoms with Gasteiger partial charge in [0.25, 0.3) is 0 Å². The highest BCUT2D eigenvalue weighted by Gasteiger charge is 2.46. The Balaban J connectivity index is 1.46. The Morgan fingerprint density at radius 2 is 2.18 bits per heavy atom. The summed E-state index contributed by atoms with van der Waals surface area (Å²) in [4.78, 5) is 6.91. The van der Waals surface area contributed by atoms with Crippen LogP contribution >= 0.6 is 0 Å². The number of guanidine groups is 1. The maximum Gasteiger partial charge on any atom is 0.191 e. The zero-order valence-electron chi connectivity index (χ0n) is 10.9. The zero-order valence-corrected chi connectivity index (χ0v) is 10.9. The molecule has 1 unspecified atom stereocenters. The van der Waals surface area contributed by atoms with Crippen LogP contribution in [0.5, 0.6) is 0 Å². The van der Waals surface area contributed by atoms with Crippen molar-refractivity contribution in [1.82, 2.24) is 4.90 Å². The molecule has 0 radical (unpaired) electrons. The fourth-order valence-electron chi connectivity index (χ4n) is 3.29. The van der Waals surface area contributed by atoms with E-state index in [0.29, 0.717) is 0 Å². The van der Waals surface area contributed by atoms with Crippen molar-refractivity contribution < 1.29 is 0 Å². The minimum absolute atomic E-state index is 0.776. The van der Waals surface area contributed by atoms with Gasteiger partial charge in [-0.15, -0.1) is 0 Å². The van der Waals surface area contributed by atoms with E-state index in [1.807, 2.05) is 0 Å². The van der Waals surface area contributed by atoms with E-state index in [-0.39, 0.29) is 0 Å². The van der Waals surface area contributed by atoms with Crippen molar-refractivity contribution in [3.8, 4) is 0 Å². The van der Waals surface area contributed by atoms with Crippen LogP contribution in [-0.2, 0) is 0 Å². The lowest BCUT2D eigenvalue weighted by molar-refractivity contribution is 0.270. The van der Waals surface area contributed by atoms with E-state index >= 15 is 0 Å². The van der Waals surface area contributed by atoms with Crippen LogP contribution in [-0.4, -0.2) is 30.5 Å². The lowest BCUT2D eigenvalue weighted by Crippen LogP contribution is -2.43. The monoisotopic (exact) mass is 235 g/mol. The van der Waals surface area contributed by atoms with Crippen LogP contribution in [0.4, 0.5) is 0 Å². The summed E-state index contributed by atoms with van der Waals surface area (Å²) in [5.74, 6) is 4.51. The van der Waals surface area contributed by atoms with Crippen LogP contribution in [0.2, 0.25) is 0 Å². The second-order valence-electron chi connectivity index (χ2n) is 6.39. The Labute approximate surface area is 104 Å². The Morgan fingerprint density at radius 1 is 1.35 bits per heavy atom. The second kappa shape index (κ2) is 4.51. The van der Waals surface area contributed by atoms with Gasteiger partial charge in [-0.25, -0.2) is 0 Å². The number of nitrogens with two attached hydrogens (primary N) is 1. The first-order valence-electron chi connectivity index (χ1n) is 7.29. The molecular formula is C14H25N3. The molecule has 1 saturated heterocycles. The number of hydrogen-bond acceptors (Lipinski definition) is 1. The van der Waals surface area contributed by atoms with Gasteiger partial charge in [0.2, 0.25) is 0 Å². The molecule has 2 N–H and O–H groups in total. The van der Waals surface area contributed by atoms with Gasteiger partial charge < -0.3 is 10.6 Å². The van der Waals surface area contributed by atoms with Crippen molar-refractivity contribution in [1.29, 1.82) is 0 Å². The molecule has 0 bridgehead atoms. The van der Waals surface area contributed by atoms with Crippen LogP contribution in [0.3, 0.4) is 0 Å². The number of aliphatic imine (C=N–C) groups is 1. The van der Waals surface area contributed by atoms with E-state index in [1.54, 1.807) is 0 Å². The lowest BCUT2D eigenvalue weighted by Gasteiger charge is -2.31. The highest BCUT2D eigenvalue weighted by atomic mass is 15.3. The molecule has 0 spiro atoms. The van der Waals surface area contributed by atoms with E-state index in [0.717, 1.165) is 49.3 Å². The van der Waals surface area contributed by atoms with E-state index in [4.69, 9.17) is 5.73 Å². The summed E-state index contributed by atoms with van der Waals surface area (Å²) in [6.07, 6.45) is 6.98. The number of hydrogen-bond donors (Lipinski definition) is 1. The SMILES string of the molecule is CC1CCCN(C(N)=NC[C@@H]2C[C@H]2C2CC2)C1. The molecule has 3 fully saturated rings. The zero-order chi connectivity index (χ0) is 11.8. The van der Waals surface area contributed by atoms with Gasteiger partial charge in [-0.1, -0.05) is 6.92 Å². The van der Waals surface area contributed by atoms with Crippen LogP contribution in [0.1, 0.15) is 39.0 Å². The molecule has 3 rings (SSSR count). The summed E-state index contributed by atoms with van der Waals surface area (Å²) in [6, 6.07) is 0. The molecule has 1 heterocycles. The Morgan fingerprint density at radius 3 is 2.88 bits per heavy atom. The molecule has 3 aliphatic rings. The van der Waals surface area contributed by atoms with Crippen molar-refractivity contribution in [2.75, 3.05) is 19.6 Å². The van der Waals surface area contributed by atoms with Gasteiger partial charge >= 0.3 is 0 Å². The molecule has 2 saturated carbocycles. The standard InChI is InChI=1S/C14H25N3/c1-10-3-2-6-17(9-10)14(15)16-8-12-7-13(12)11-4-5-11/h10-13H,2-9H2,1H3,(H2,15,16)/t10?,12-,13-/m0/s1. The number of likely N-dealkylation sites (tertiary alicyclic amines) is 1. The molecule has 96 valence electrons. The van der Waals surface area contributed by atoms with Crippen LogP contribution < -0.4 is 5.73 Å². The molecule has 0 aromatic heterocycles. The molecule has 17 heavy (non-hydrogen) atoms. The number of piperidine rings is 1. The Kier molecular flexibility index (Phi) is 3.01. The van der Waals surface area contributed by atoms with Crippen LogP contribution in [0, 0.1) is 23.7 Å². The van der Waals surface area contributed by atoms with Gasteiger partial charge in [-0.2, -0.15) is 0 Å². The van der Waals surface area contributed by atoms with E-state index < -0.39 is 0 Å². The van der Waals surface area contributed by atoms with E-state index in [2.05, 4.69) is 16.8 Å². The van der Waals surface area contributed by atoms with Crippen LogP contribution in [0.25, 0.3) is 0 Å². The van der Waals surface area contributed by atoms with Crippen molar-refractivity contribution in [3.63, 3.8) is 0 Å². The maximum absolute atomic E-state index is 6.10. The molecule has 0 aromatic carbocycles. The number of rotatable bonds is 3. The lowest BCUT2D eigenvalue weighted by atomic mass is 10.0. The van der Waals surface area contributed by atoms with Gasteiger partial charge in [0.05, 0.1) is 0 Å². The predicted octanol–water partition coefficient (Wildman–Crippen LogP) is 2.08. The average molecular weight is 235 g/mol. The van der Waals surface area contributed by atoms with Gasteiger partial charge in [-0.05, 0) is 55.8 Å². The fourth-order valence-corrected chi connectivity index (χ4v) is 3.29. The van der Waals surface area contributed by atoms with Crippen molar-refractivity contribution in [3.05, 3.63) is 0 Å². The summed E-state index contributed by atoms with van der Waals surface area (Å²) in [5, 5.41) is 0. The van der Waals surface area contributed by atoms with Crippen molar-refractivity contribution in [2.45, 2.75) is 39.0 Å². The third kappa shape index (κ3) is 2.75. The molecule has 0 amide bonds. The van der Waals surface area contributed by atoms with Crippen molar-refractivity contribution in [2.24, 2.45) is 34.4 Å². The first-order valence-corrected chi connectivity index (χ1v) is 7.29. The fraction of sp³-hybridized carbons (Fsp3) is 0.929. The third-order valence-corrected chi connectivity index (χ3v) is 4.67. The molecule has 3 nitrogen and oxygen atoms in total. The summed E-state index contributed by atoms with van der Waals surface area (Å²) in [5.41, 5.74) is 6.10. The van der Waals surface area contributed by atoms with Crippen LogP contribution in [0.15, 0.2) is 4.99 Å². The van der Waals surface area contributed by atoms with Gasteiger partial charge in [0, 0.05) is 19.6 Å². The molecule has 2 aliphatic carbocycles. The largest absolute Gasteiger partial charge is 0.370 e. The minimum Gasteiger partial charge on any atom is -0.370 e. The summed E-state index contributed by atoms with van der Waals surface area (Å²) < 4.78 is 0. The summed E-state index contributed by atoms with van der Waals surface area (Å²) in [6.45, 7) is 5.50. The molecule has 1 aliphatic heterocycles. The van der Waals surface area contributed by atoms with Gasteiger partial charge in [0.1, 0.15) is 0 Å². The first kappa shape index (κ1) is 11.4. The Hall–Kier alpha value is -0.730. The topological polar surface area (TPSA) is 41.6 Å². The highest BCUT2D eigenvalue weighted by molar-refractivity contribution is 5.78. The predicted molar refractivity (Wildman–Crippen MR) is 70.8 cm³/mol. The summed E-state index contributed by atoms with van der Waals surface area (Å²) in [7, 11) is 0. The quantitative estimate of drug-likeness (QED) is 0.601. The third-order valence-electron chi connectivity index (χ3n) is 4.67. The van der Waals surface area contributed by atoms with E-state index in [1.165, 1.54) is 32.1 Å². The van der Waals surface area contributed by atoms with Crippen molar-refractivity contribution >= 4 is 5.96 Å². The van der Waals surface area contributed by atoms with Gasteiger partial charge in [-0.3, -0.25) is 4.99 Å². The minimum atomic E-state index is 0.776. The number of nitrogens with zero attached hydrogens (tertiary/aromatic N) is 2. The molecule has 0 aromatic rings. The summed E-state index contributed by atoms with van der Waals surface area (Å²) >= 11 is 0. The van der Waals surface area contributed by atoms with E-state index in [9.17, 15) is 0 Å². The first-order chi connectivity index (χ1) is 8.24. The normalized spacial score (nSPS) is 38.3. The molecule has 3 atom stereocenters. The smallest absolute Gasteiger partial charge is 0.191 e. The van der Waals surface area contributed by atoms with Gasteiger partial charge in [0.15, 0.2) is 5.96 Å². The maximum atomic E-state index is 6.10.